The van der Waals surface area contributed by atoms with E-state index in [0.717, 1.165) is 5.56 Å². The van der Waals surface area contributed by atoms with E-state index in [1.54, 1.807) is 24.3 Å². The van der Waals surface area contributed by atoms with E-state index >= 15 is 0 Å². The molecular weight excluding hydrogens is 346 g/mol. The fourth-order valence-corrected chi connectivity index (χ4v) is 2.59. The van der Waals surface area contributed by atoms with Crippen LogP contribution in [-0.4, -0.2) is 26.8 Å². The largest absolute Gasteiger partial charge is 0.481 e. The van der Waals surface area contributed by atoms with Gasteiger partial charge in [-0.25, -0.2) is 4.68 Å². The van der Waals surface area contributed by atoms with E-state index in [9.17, 15) is 14.4 Å². The third-order valence-electron chi connectivity index (χ3n) is 3.88. The summed E-state index contributed by atoms with van der Waals surface area (Å²) in [6.07, 6.45) is -0.211. The zero-order chi connectivity index (χ0) is 19.2. The molecule has 27 heavy (non-hydrogen) atoms. The number of hydrogen-bond donors (Lipinski definition) is 2. The SMILES string of the molecule is O=C(O)Cc1ccccc1NC(=O)c1ccc(=O)n(Cc2ccccc2)n1. The molecule has 0 aliphatic heterocycles. The zero-order valence-electron chi connectivity index (χ0n) is 14.3. The Morgan fingerprint density at radius 3 is 2.41 bits per heavy atom. The molecule has 7 nitrogen and oxygen atoms in total. The summed E-state index contributed by atoms with van der Waals surface area (Å²) in [5.74, 6) is -1.51. The molecule has 2 N–H and O–H groups in total. The molecule has 7 heteroatoms. The fourth-order valence-electron chi connectivity index (χ4n) is 2.59. The molecule has 0 fully saturated rings. The Hall–Kier alpha value is -3.74. The van der Waals surface area contributed by atoms with Crippen LogP contribution in [0.5, 0.6) is 0 Å². The number of para-hydroxylation sites is 1. The van der Waals surface area contributed by atoms with Crippen molar-refractivity contribution >= 4 is 17.6 Å². The predicted octanol–water partition coefficient (Wildman–Crippen LogP) is 2.17. The lowest BCUT2D eigenvalue weighted by molar-refractivity contribution is -0.136. The molecule has 1 amide bonds. The first-order valence-electron chi connectivity index (χ1n) is 8.26. The Bertz CT molecular complexity index is 1030. The summed E-state index contributed by atoms with van der Waals surface area (Å²) in [6.45, 7) is 0.246. The Kier molecular flexibility index (Phi) is 5.41. The van der Waals surface area contributed by atoms with Gasteiger partial charge in [-0.05, 0) is 23.3 Å². The van der Waals surface area contributed by atoms with Gasteiger partial charge in [0, 0.05) is 11.8 Å². The van der Waals surface area contributed by atoms with Crippen molar-refractivity contribution in [3.63, 3.8) is 0 Å². The van der Waals surface area contributed by atoms with Crippen LogP contribution in [0, 0.1) is 0 Å². The van der Waals surface area contributed by atoms with Gasteiger partial charge < -0.3 is 10.4 Å². The number of hydrogen-bond acceptors (Lipinski definition) is 4. The highest BCUT2D eigenvalue weighted by atomic mass is 16.4. The normalized spacial score (nSPS) is 10.4. The molecule has 0 saturated carbocycles. The maximum Gasteiger partial charge on any atom is 0.307 e. The topological polar surface area (TPSA) is 101 Å². The molecule has 0 aliphatic rings. The molecule has 1 aromatic heterocycles. The summed E-state index contributed by atoms with van der Waals surface area (Å²) in [6, 6.07) is 18.6. The number of aliphatic carboxylic acids is 1. The van der Waals surface area contributed by atoms with Crippen molar-refractivity contribution in [3.8, 4) is 0 Å². The van der Waals surface area contributed by atoms with Crippen LogP contribution in [0.4, 0.5) is 5.69 Å². The summed E-state index contributed by atoms with van der Waals surface area (Å²) in [5.41, 5.74) is 1.51. The highest BCUT2D eigenvalue weighted by Gasteiger charge is 2.13. The molecule has 0 unspecified atom stereocenters. The van der Waals surface area contributed by atoms with Crippen molar-refractivity contribution in [1.82, 2.24) is 9.78 Å². The van der Waals surface area contributed by atoms with Crippen LogP contribution in [-0.2, 0) is 17.8 Å². The number of anilines is 1. The number of carboxylic acid groups (broad SMARTS) is 1. The number of amides is 1. The van der Waals surface area contributed by atoms with Crippen LogP contribution in [0.3, 0.4) is 0 Å². The standard InChI is InChI=1S/C20H17N3O4/c24-18-11-10-17(22-23(18)13-14-6-2-1-3-7-14)20(27)21-16-9-5-4-8-15(16)12-19(25)26/h1-11H,12-13H2,(H,21,27)(H,25,26). The highest BCUT2D eigenvalue weighted by molar-refractivity contribution is 6.03. The second-order valence-electron chi connectivity index (χ2n) is 5.88. The van der Waals surface area contributed by atoms with E-state index in [1.165, 1.54) is 16.8 Å². The van der Waals surface area contributed by atoms with Gasteiger partial charge in [-0.3, -0.25) is 14.4 Å². The van der Waals surface area contributed by atoms with E-state index in [0.29, 0.717) is 11.3 Å². The third-order valence-corrected chi connectivity index (χ3v) is 3.88. The molecule has 1 heterocycles. The number of carbonyl (C=O) groups is 2. The quantitative estimate of drug-likeness (QED) is 0.699. The minimum Gasteiger partial charge on any atom is -0.481 e. The minimum absolute atomic E-state index is 0.0654. The van der Waals surface area contributed by atoms with Crippen LogP contribution in [0.15, 0.2) is 71.5 Å². The van der Waals surface area contributed by atoms with Gasteiger partial charge in [0.05, 0.1) is 13.0 Å². The molecule has 0 spiro atoms. The summed E-state index contributed by atoms with van der Waals surface area (Å²) in [5, 5.41) is 15.8. The maximum absolute atomic E-state index is 12.5. The second kappa shape index (κ2) is 8.09. The molecule has 3 aromatic rings. The van der Waals surface area contributed by atoms with Gasteiger partial charge in [0.15, 0.2) is 0 Å². The van der Waals surface area contributed by atoms with Gasteiger partial charge in [0.25, 0.3) is 11.5 Å². The van der Waals surface area contributed by atoms with Crippen molar-refractivity contribution < 1.29 is 14.7 Å². The Morgan fingerprint density at radius 2 is 1.67 bits per heavy atom. The van der Waals surface area contributed by atoms with Gasteiger partial charge >= 0.3 is 5.97 Å². The average Bonchev–Trinajstić information content (AvgIpc) is 2.65. The molecule has 0 saturated heterocycles. The maximum atomic E-state index is 12.5. The highest BCUT2D eigenvalue weighted by Crippen LogP contribution is 2.16. The first-order valence-corrected chi connectivity index (χ1v) is 8.26. The lowest BCUT2D eigenvalue weighted by Gasteiger charge is -2.10. The van der Waals surface area contributed by atoms with Gasteiger partial charge in [-0.15, -0.1) is 0 Å². The molecule has 3 rings (SSSR count). The Balaban J connectivity index is 1.83. The van der Waals surface area contributed by atoms with E-state index in [4.69, 9.17) is 5.11 Å². The number of aromatic nitrogens is 2. The Morgan fingerprint density at radius 1 is 0.963 bits per heavy atom. The average molecular weight is 363 g/mol. The van der Waals surface area contributed by atoms with Crippen LogP contribution in [0.1, 0.15) is 21.6 Å². The molecule has 0 aliphatic carbocycles. The molecule has 0 atom stereocenters. The van der Waals surface area contributed by atoms with E-state index in [-0.39, 0.29) is 24.2 Å². The van der Waals surface area contributed by atoms with Crippen molar-refractivity contribution in [1.29, 1.82) is 0 Å². The zero-order valence-corrected chi connectivity index (χ0v) is 14.3. The van der Waals surface area contributed by atoms with Gasteiger partial charge in [-0.1, -0.05) is 48.5 Å². The van der Waals surface area contributed by atoms with Crippen LogP contribution >= 0.6 is 0 Å². The van der Waals surface area contributed by atoms with Crippen molar-refractivity contribution in [3.05, 3.63) is 93.9 Å². The molecule has 2 aromatic carbocycles. The first-order chi connectivity index (χ1) is 13.0. The van der Waals surface area contributed by atoms with Crippen molar-refractivity contribution in [2.45, 2.75) is 13.0 Å². The van der Waals surface area contributed by atoms with Crippen LogP contribution < -0.4 is 10.9 Å². The first kappa shape index (κ1) is 18.1. The lowest BCUT2D eigenvalue weighted by atomic mass is 10.1. The smallest absolute Gasteiger partial charge is 0.307 e. The number of nitrogens with one attached hydrogen (secondary N) is 1. The monoisotopic (exact) mass is 363 g/mol. The molecule has 0 bridgehead atoms. The third kappa shape index (κ3) is 4.66. The van der Waals surface area contributed by atoms with E-state index < -0.39 is 11.9 Å². The Labute approximate surface area is 154 Å². The fraction of sp³-hybridized carbons (Fsp3) is 0.100. The van der Waals surface area contributed by atoms with E-state index in [1.807, 2.05) is 30.3 Å². The molecule has 0 radical (unpaired) electrons. The number of benzene rings is 2. The summed E-state index contributed by atoms with van der Waals surface area (Å²) in [4.78, 5) is 35.5. The number of rotatable bonds is 6. The summed E-state index contributed by atoms with van der Waals surface area (Å²) in [7, 11) is 0. The lowest BCUT2D eigenvalue weighted by Crippen LogP contribution is -2.26. The predicted molar refractivity (Wildman–Crippen MR) is 99.8 cm³/mol. The summed E-state index contributed by atoms with van der Waals surface area (Å²) >= 11 is 0. The van der Waals surface area contributed by atoms with E-state index in [2.05, 4.69) is 10.4 Å². The van der Waals surface area contributed by atoms with Gasteiger partial charge in [0.2, 0.25) is 0 Å². The van der Waals surface area contributed by atoms with Crippen molar-refractivity contribution in [2.75, 3.05) is 5.32 Å². The second-order valence-corrected chi connectivity index (χ2v) is 5.88. The number of carbonyl (C=O) groups excluding carboxylic acids is 1. The number of nitrogens with zero attached hydrogens (tertiary/aromatic N) is 2. The summed E-state index contributed by atoms with van der Waals surface area (Å²) < 4.78 is 1.22. The van der Waals surface area contributed by atoms with Gasteiger partial charge in [-0.2, -0.15) is 5.10 Å². The number of carboxylic acids is 1. The van der Waals surface area contributed by atoms with Gasteiger partial charge in [0.1, 0.15) is 5.69 Å². The van der Waals surface area contributed by atoms with Crippen molar-refractivity contribution in [2.24, 2.45) is 0 Å². The minimum atomic E-state index is -0.994. The molecular formula is C20H17N3O4. The molecule has 136 valence electrons. The van der Waals surface area contributed by atoms with Crippen LogP contribution in [0.25, 0.3) is 0 Å². The van der Waals surface area contributed by atoms with Crippen LogP contribution in [0.2, 0.25) is 0 Å².